The van der Waals surface area contributed by atoms with Crippen LogP contribution in [0.1, 0.15) is 18.9 Å². The van der Waals surface area contributed by atoms with E-state index < -0.39 is 0 Å². The van der Waals surface area contributed by atoms with Gasteiger partial charge in [0.2, 0.25) is 0 Å². The standard InChI is InChI=1S/C15H23FN2S/c1-15(12-17,18-7-4-9-19-10-8-18)11-13-5-2-3-6-14(13)16/h2-3,5-6H,4,7-12,17H2,1H3. The second-order valence-corrected chi connectivity index (χ2v) is 6.65. The smallest absolute Gasteiger partial charge is 0.126 e. The van der Waals surface area contributed by atoms with Crippen LogP contribution in [-0.2, 0) is 6.42 Å². The Balaban J connectivity index is 2.14. The normalized spacial score (nSPS) is 20.8. The van der Waals surface area contributed by atoms with Crippen molar-refractivity contribution in [1.29, 1.82) is 0 Å². The zero-order valence-corrected chi connectivity index (χ0v) is 12.4. The van der Waals surface area contributed by atoms with Crippen LogP contribution in [0.25, 0.3) is 0 Å². The summed E-state index contributed by atoms with van der Waals surface area (Å²) in [5.41, 5.74) is 6.64. The molecule has 2 rings (SSSR count). The van der Waals surface area contributed by atoms with Crippen LogP contribution in [0.4, 0.5) is 4.39 Å². The summed E-state index contributed by atoms with van der Waals surface area (Å²) < 4.78 is 13.8. The van der Waals surface area contributed by atoms with E-state index in [-0.39, 0.29) is 11.4 Å². The monoisotopic (exact) mass is 282 g/mol. The van der Waals surface area contributed by atoms with E-state index in [1.54, 1.807) is 6.07 Å². The first-order valence-corrected chi connectivity index (χ1v) is 8.07. The topological polar surface area (TPSA) is 29.3 Å². The van der Waals surface area contributed by atoms with E-state index in [0.29, 0.717) is 13.0 Å². The Kier molecular flexibility index (Phi) is 5.25. The Morgan fingerprint density at radius 1 is 1.32 bits per heavy atom. The highest BCUT2D eigenvalue weighted by atomic mass is 32.2. The molecular weight excluding hydrogens is 259 g/mol. The van der Waals surface area contributed by atoms with Crippen molar-refractivity contribution in [3.8, 4) is 0 Å². The minimum Gasteiger partial charge on any atom is -0.329 e. The van der Waals surface area contributed by atoms with Crippen LogP contribution in [0.15, 0.2) is 24.3 Å². The third-order valence-electron chi connectivity index (χ3n) is 3.95. The average molecular weight is 282 g/mol. The lowest BCUT2D eigenvalue weighted by Gasteiger charge is -2.40. The van der Waals surface area contributed by atoms with Crippen LogP contribution in [0, 0.1) is 5.82 Å². The molecule has 0 aromatic heterocycles. The highest BCUT2D eigenvalue weighted by Gasteiger charge is 2.31. The third kappa shape index (κ3) is 3.71. The fourth-order valence-corrected chi connectivity index (χ4v) is 3.54. The van der Waals surface area contributed by atoms with E-state index in [9.17, 15) is 4.39 Å². The summed E-state index contributed by atoms with van der Waals surface area (Å²) in [5.74, 6) is 2.25. The lowest BCUT2D eigenvalue weighted by Crippen LogP contribution is -2.54. The molecule has 19 heavy (non-hydrogen) atoms. The molecule has 2 nitrogen and oxygen atoms in total. The summed E-state index contributed by atoms with van der Waals surface area (Å²) in [6.45, 7) is 4.84. The molecule has 0 bridgehead atoms. The van der Waals surface area contributed by atoms with Crippen molar-refractivity contribution in [3.05, 3.63) is 35.6 Å². The Bertz CT molecular complexity index is 405. The van der Waals surface area contributed by atoms with Crippen molar-refractivity contribution in [2.75, 3.05) is 31.1 Å². The van der Waals surface area contributed by atoms with E-state index in [1.165, 1.54) is 18.2 Å². The predicted molar refractivity (Wildman–Crippen MR) is 81.1 cm³/mol. The van der Waals surface area contributed by atoms with E-state index in [4.69, 9.17) is 5.73 Å². The van der Waals surface area contributed by atoms with Gasteiger partial charge in [0, 0.05) is 24.4 Å². The molecule has 1 unspecified atom stereocenters. The first-order valence-electron chi connectivity index (χ1n) is 6.92. The molecule has 1 fully saturated rings. The molecule has 0 amide bonds. The number of halogens is 1. The highest BCUT2D eigenvalue weighted by molar-refractivity contribution is 7.99. The molecule has 0 spiro atoms. The molecule has 106 valence electrons. The first-order chi connectivity index (χ1) is 9.15. The quantitative estimate of drug-likeness (QED) is 0.920. The molecule has 1 saturated heterocycles. The number of hydrogen-bond acceptors (Lipinski definition) is 3. The van der Waals surface area contributed by atoms with Gasteiger partial charge < -0.3 is 5.73 Å². The fraction of sp³-hybridized carbons (Fsp3) is 0.600. The summed E-state index contributed by atoms with van der Waals surface area (Å²) in [4.78, 5) is 2.44. The fourth-order valence-electron chi connectivity index (χ4n) is 2.65. The van der Waals surface area contributed by atoms with Crippen LogP contribution < -0.4 is 5.73 Å². The van der Waals surface area contributed by atoms with Crippen molar-refractivity contribution in [3.63, 3.8) is 0 Å². The van der Waals surface area contributed by atoms with Gasteiger partial charge in [0.25, 0.3) is 0 Å². The Labute approximate surface area is 119 Å². The van der Waals surface area contributed by atoms with E-state index >= 15 is 0 Å². The van der Waals surface area contributed by atoms with Crippen LogP contribution in [0.5, 0.6) is 0 Å². The van der Waals surface area contributed by atoms with Gasteiger partial charge in [0.1, 0.15) is 5.82 Å². The molecule has 4 heteroatoms. The summed E-state index contributed by atoms with van der Waals surface area (Å²) in [6, 6.07) is 7.04. The largest absolute Gasteiger partial charge is 0.329 e. The molecule has 2 N–H and O–H groups in total. The number of nitrogens with two attached hydrogens (primary N) is 1. The maximum atomic E-state index is 13.8. The van der Waals surface area contributed by atoms with Gasteiger partial charge in [0.05, 0.1) is 0 Å². The first kappa shape index (κ1) is 14.8. The van der Waals surface area contributed by atoms with Crippen LogP contribution in [0.2, 0.25) is 0 Å². The molecule has 1 aromatic rings. The van der Waals surface area contributed by atoms with Gasteiger partial charge in [-0.05, 0) is 43.7 Å². The Morgan fingerprint density at radius 2 is 2.11 bits per heavy atom. The molecule has 1 aliphatic rings. The highest BCUT2D eigenvalue weighted by Crippen LogP contribution is 2.24. The van der Waals surface area contributed by atoms with E-state index in [1.807, 2.05) is 23.9 Å². The minimum atomic E-state index is -0.146. The van der Waals surface area contributed by atoms with Crippen molar-refractivity contribution in [2.24, 2.45) is 5.73 Å². The van der Waals surface area contributed by atoms with Gasteiger partial charge in [-0.3, -0.25) is 4.90 Å². The maximum absolute atomic E-state index is 13.8. The molecule has 1 aromatic carbocycles. The number of benzene rings is 1. The number of rotatable bonds is 4. The SMILES string of the molecule is CC(CN)(Cc1ccccc1F)N1CCCSCC1. The van der Waals surface area contributed by atoms with Crippen molar-refractivity contribution >= 4 is 11.8 Å². The van der Waals surface area contributed by atoms with E-state index in [2.05, 4.69) is 11.8 Å². The molecule has 0 saturated carbocycles. The summed E-state index contributed by atoms with van der Waals surface area (Å²) in [5, 5.41) is 0. The average Bonchev–Trinajstić information content (AvgIpc) is 2.71. The zero-order chi connectivity index (χ0) is 13.7. The zero-order valence-electron chi connectivity index (χ0n) is 11.6. The second kappa shape index (κ2) is 6.73. The van der Waals surface area contributed by atoms with Crippen molar-refractivity contribution < 1.29 is 4.39 Å². The van der Waals surface area contributed by atoms with Gasteiger partial charge >= 0.3 is 0 Å². The predicted octanol–water partition coefficient (Wildman–Crippen LogP) is 2.52. The second-order valence-electron chi connectivity index (χ2n) is 5.42. The molecule has 1 heterocycles. The minimum absolute atomic E-state index is 0.119. The molecule has 0 radical (unpaired) electrons. The van der Waals surface area contributed by atoms with Crippen molar-refractivity contribution in [2.45, 2.75) is 25.3 Å². The number of thioether (sulfide) groups is 1. The molecular formula is C15H23FN2S. The van der Waals surface area contributed by atoms with Gasteiger partial charge in [0.15, 0.2) is 0 Å². The van der Waals surface area contributed by atoms with E-state index in [0.717, 1.165) is 24.4 Å². The Morgan fingerprint density at radius 3 is 2.84 bits per heavy atom. The van der Waals surface area contributed by atoms with Crippen molar-refractivity contribution in [1.82, 2.24) is 4.90 Å². The van der Waals surface area contributed by atoms with Crippen LogP contribution in [0.3, 0.4) is 0 Å². The molecule has 1 atom stereocenters. The van der Waals surface area contributed by atoms with Gasteiger partial charge in [-0.2, -0.15) is 11.8 Å². The Hall–Kier alpha value is -0.580. The summed E-state index contributed by atoms with van der Waals surface area (Å²) >= 11 is 2.00. The molecule has 1 aliphatic heterocycles. The lowest BCUT2D eigenvalue weighted by atomic mass is 9.90. The lowest BCUT2D eigenvalue weighted by molar-refractivity contribution is 0.119. The van der Waals surface area contributed by atoms with Gasteiger partial charge in [-0.15, -0.1) is 0 Å². The number of hydrogen-bond donors (Lipinski definition) is 1. The summed E-state index contributed by atoms with van der Waals surface area (Å²) in [6.07, 6.45) is 1.87. The van der Waals surface area contributed by atoms with Gasteiger partial charge in [-0.1, -0.05) is 18.2 Å². The maximum Gasteiger partial charge on any atom is 0.126 e. The van der Waals surface area contributed by atoms with Crippen LogP contribution in [-0.4, -0.2) is 41.6 Å². The third-order valence-corrected chi connectivity index (χ3v) is 5.00. The molecule has 0 aliphatic carbocycles. The summed E-state index contributed by atoms with van der Waals surface area (Å²) in [7, 11) is 0. The number of nitrogens with zero attached hydrogens (tertiary/aromatic N) is 1. The van der Waals surface area contributed by atoms with Gasteiger partial charge in [-0.25, -0.2) is 4.39 Å². The van der Waals surface area contributed by atoms with Crippen LogP contribution >= 0.6 is 11.8 Å².